The van der Waals surface area contributed by atoms with Crippen LogP contribution in [0.25, 0.3) is 0 Å². The molecule has 3 nitrogen and oxygen atoms in total. The molecule has 0 aliphatic heterocycles. The average molecular weight is 352 g/mol. The third-order valence-corrected chi connectivity index (χ3v) is 3.67. The number of carbonyl (C=O) groups excluding carboxylic acids is 1. The molecule has 2 rings (SSSR count). The van der Waals surface area contributed by atoms with Gasteiger partial charge in [-0.1, -0.05) is 12.1 Å². The van der Waals surface area contributed by atoms with E-state index < -0.39 is 5.82 Å². The van der Waals surface area contributed by atoms with Crippen LogP contribution in [0.2, 0.25) is 0 Å². The summed E-state index contributed by atoms with van der Waals surface area (Å²) in [7, 11) is 1.59. The van der Waals surface area contributed by atoms with E-state index in [-0.39, 0.29) is 12.3 Å². The van der Waals surface area contributed by atoms with Gasteiger partial charge in [0, 0.05) is 5.69 Å². The molecule has 1 amide bonds. The van der Waals surface area contributed by atoms with Crippen LogP contribution in [0.4, 0.5) is 10.1 Å². The van der Waals surface area contributed by atoms with E-state index in [0.29, 0.717) is 10.2 Å². The summed E-state index contributed by atoms with van der Waals surface area (Å²) in [6, 6.07) is 10.2. The summed E-state index contributed by atoms with van der Waals surface area (Å²) in [6.45, 7) is 1.81. The van der Waals surface area contributed by atoms with Crippen molar-refractivity contribution >= 4 is 27.5 Å². The van der Waals surface area contributed by atoms with Crippen LogP contribution in [0.1, 0.15) is 11.1 Å². The van der Waals surface area contributed by atoms with Crippen molar-refractivity contribution in [2.24, 2.45) is 0 Å². The van der Waals surface area contributed by atoms with Crippen molar-refractivity contribution < 1.29 is 13.9 Å². The number of hydrogen-bond acceptors (Lipinski definition) is 2. The number of hydrogen-bond donors (Lipinski definition) is 1. The molecule has 0 atom stereocenters. The summed E-state index contributed by atoms with van der Waals surface area (Å²) >= 11 is 3.11. The van der Waals surface area contributed by atoms with E-state index in [2.05, 4.69) is 21.2 Å². The van der Waals surface area contributed by atoms with Crippen LogP contribution in [0.5, 0.6) is 5.75 Å². The second-order valence-electron chi connectivity index (χ2n) is 4.65. The van der Waals surface area contributed by atoms with Gasteiger partial charge in [-0.25, -0.2) is 4.39 Å². The highest BCUT2D eigenvalue weighted by Crippen LogP contribution is 2.24. The van der Waals surface area contributed by atoms with E-state index in [9.17, 15) is 9.18 Å². The first kappa shape index (κ1) is 15.5. The van der Waals surface area contributed by atoms with Crippen molar-refractivity contribution in [3.63, 3.8) is 0 Å². The molecule has 0 heterocycles. The summed E-state index contributed by atoms with van der Waals surface area (Å²) in [4.78, 5) is 12.0. The Labute approximate surface area is 131 Å². The maximum Gasteiger partial charge on any atom is 0.228 e. The highest BCUT2D eigenvalue weighted by molar-refractivity contribution is 9.10. The van der Waals surface area contributed by atoms with E-state index in [1.807, 2.05) is 19.1 Å². The van der Waals surface area contributed by atoms with Crippen molar-refractivity contribution in [3.8, 4) is 5.75 Å². The molecule has 0 aliphatic rings. The molecule has 0 fully saturated rings. The molecule has 1 N–H and O–H groups in total. The summed E-state index contributed by atoms with van der Waals surface area (Å²) in [6.07, 6.45) is 0.223. The molecule has 0 unspecified atom stereocenters. The molecule has 2 aromatic carbocycles. The number of anilines is 1. The first-order valence-electron chi connectivity index (χ1n) is 6.38. The Balaban J connectivity index is 2.06. The van der Waals surface area contributed by atoms with Crippen molar-refractivity contribution in [1.82, 2.24) is 0 Å². The second kappa shape index (κ2) is 6.72. The van der Waals surface area contributed by atoms with E-state index in [0.717, 1.165) is 16.9 Å². The number of aryl methyl sites for hydroxylation is 1. The fourth-order valence-electron chi connectivity index (χ4n) is 1.90. The maximum atomic E-state index is 13.5. The van der Waals surface area contributed by atoms with E-state index in [1.54, 1.807) is 25.3 Å². The first-order chi connectivity index (χ1) is 9.99. The number of nitrogens with one attached hydrogen (secondary N) is 1. The molecule has 0 aromatic heterocycles. The minimum Gasteiger partial charge on any atom is -0.497 e. The van der Waals surface area contributed by atoms with Gasteiger partial charge in [-0.2, -0.15) is 0 Å². The van der Waals surface area contributed by atoms with Gasteiger partial charge < -0.3 is 10.1 Å². The molecule has 0 radical (unpaired) electrons. The van der Waals surface area contributed by atoms with Crippen LogP contribution in [-0.4, -0.2) is 13.0 Å². The number of ether oxygens (including phenoxy) is 1. The van der Waals surface area contributed by atoms with Crippen molar-refractivity contribution in [2.75, 3.05) is 12.4 Å². The second-order valence-corrected chi connectivity index (χ2v) is 5.51. The Morgan fingerprint density at radius 1 is 1.29 bits per heavy atom. The molecule has 0 spiro atoms. The lowest BCUT2D eigenvalue weighted by Crippen LogP contribution is -2.15. The van der Waals surface area contributed by atoms with Gasteiger partial charge in [0.2, 0.25) is 5.91 Å². The average Bonchev–Trinajstić information content (AvgIpc) is 2.45. The normalized spacial score (nSPS) is 10.3. The lowest BCUT2D eigenvalue weighted by molar-refractivity contribution is -0.115. The van der Waals surface area contributed by atoms with E-state index in [1.165, 1.54) is 6.07 Å². The third kappa shape index (κ3) is 4.04. The minimum atomic E-state index is -0.402. The van der Waals surface area contributed by atoms with Crippen LogP contribution < -0.4 is 10.1 Å². The highest BCUT2D eigenvalue weighted by atomic mass is 79.9. The Bertz CT molecular complexity index is 656. The number of carbonyl (C=O) groups is 1. The Kier molecular flexibility index (Phi) is 4.96. The van der Waals surface area contributed by atoms with Crippen LogP contribution >= 0.6 is 15.9 Å². The number of rotatable bonds is 4. The molecule has 21 heavy (non-hydrogen) atoms. The van der Waals surface area contributed by atoms with Gasteiger partial charge in [0.1, 0.15) is 11.6 Å². The molecule has 0 saturated heterocycles. The fraction of sp³-hybridized carbons (Fsp3) is 0.188. The lowest BCUT2D eigenvalue weighted by Gasteiger charge is -2.10. The zero-order valence-corrected chi connectivity index (χ0v) is 13.3. The molecular weight excluding hydrogens is 337 g/mol. The van der Waals surface area contributed by atoms with Gasteiger partial charge in [0.15, 0.2) is 0 Å². The number of amides is 1. The summed E-state index contributed by atoms with van der Waals surface area (Å²) < 4.78 is 19.0. The topological polar surface area (TPSA) is 38.3 Å². The summed E-state index contributed by atoms with van der Waals surface area (Å²) in [5.41, 5.74) is 2.14. The van der Waals surface area contributed by atoms with Crippen molar-refractivity contribution in [1.29, 1.82) is 0 Å². The summed E-state index contributed by atoms with van der Waals surface area (Å²) in [5.74, 6) is 0.148. The highest BCUT2D eigenvalue weighted by Gasteiger charge is 2.09. The standard InChI is InChI=1S/C16H15BrFNO2/c1-10-7-13(17)14(18)9-15(10)19-16(20)8-11-3-5-12(21-2)6-4-11/h3-7,9H,8H2,1-2H3,(H,19,20). The molecule has 110 valence electrons. The van der Waals surface area contributed by atoms with Crippen molar-refractivity contribution in [2.45, 2.75) is 13.3 Å². The summed E-state index contributed by atoms with van der Waals surface area (Å²) in [5, 5.41) is 2.72. The predicted octanol–water partition coefficient (Wildman–Crippen LogP) is 4.09. The van der Waals surface area contributed by atoms with Gasteiger partial charge in [0.05, 0.1) is 18.0 Å². The number of benzene rings is 2. The SMILES string of the molecule is COc1ccc(CC(=O)Nc2cc(F)c(Br)cc2C)cc1. The Hall–Kier alpha value is -1.88. The van der Waals surface area contributed by atoms with Crippen LogP contribution in [0, 0.1) is 12.7 Å². The smallest absolute Gasteiger partial charge is 0.228 e. The molecule has 5 heteroatoms. The van der Waals surface area contributed by atoms with E-state index >= 15 is 0 Å². The molecule has 0 aliphatic carbocycles. The van der Waals surface area contributed by atoms with Gasteiger partial charge in [0.25, 0.3) is 0 Å². The fourth-order valence-corrected chi connectivity index (χ4v) is 2.36. The van der Waals surface area contributed by atoms with Gasteiger partial charge in [-0.15, -0.1) is 0 Å². The predicted molar refractivity (Wildman–Crippen MR) is 84.2 cm³/mol. The number of methoxy groups -OCH3 is 1. The van der Waals surface area contributed by atoms with Crippen LogP contribution in [0.3, 0.4) is 0 Å². The van der Waals surface area contributed by atoms with Crippen LogP contribution in [0.15, 0.2) is 40.9 Å². The Morgan fingerprint density at radius 2 is 1.95 bits per heavy atom. The molecule has 0 saturated carbocycles. The molecule has 2 aromatic rings. The zero-order valence-electron chi connectivity index (χ0n) is 11.7. The van der Waals surface area contributed by atoms with Gasteiger partial charge in [-0.3, -0.25) is 4.79 Å². The lowest BCUT2D eigenvalue weighted by atomic mass is 10.1. The van der Waals surface area contributed by atoms with Gasteiger partial charge in [-0.05, 0) is 58.2 Å². The molecule has 0 bridgehead atoms. The zero-order chi connectivity index (χ0) is 15.4. The largest absolute Gasteiger partial charge is 0.497 e. The third-order valence-electron chi connectivity index (χ3n) is 3.07. The van der Waals surface area contributed by atoms with Crippen molar-refractivity contribution in [3.05, 3.63) is 57.8 Å². The molecular formula is C16H15BrFNO2. The monoisotopic (exact) mass is 351 g/mol. The first-order valence-corrected chi connectivity index (χ1v) is 7.17. The minimum absolute atomic E-state index is 0.190. The van der Waals surface area contributed by atoms with E-state index in [4.69, 9.17) is 4.74 Å². The van der Waals surface area contributed by atoms with Gasteiger partial charge >= 0.3 is 0 Å². The quantitative estimate of drug-likeness (QED) is 0.900. The Morgan fingerprint density at radius 3 is 2.57 bits per heavy atom. The maximum absolute atomic E-state index is 13.5. The van der Waals surface area contributed by atoms with Crippen LogP contribution in [-0.2, 0) is 11.2 Å². The number of halogens is 2.